The smallest absolute Gasteiger partial charge is 0.0236 e. The molecule has 116 valence electrons. The van der Waals surface area contributed by atoms with Gasteiger partial charge in [0.2, 0.25) is 0 Å². The first kappa shape index (κ1) is 15.1. The maximum absolute atomic E-state index is 6.07. The highest BCUT2D eigenvalue weighted by Gasteiger charge is 2.25. The highest BCUT2D eigenvalue weighted by atomic mass is 15.2. The Morgan fingerprint density at radius 1 is 1.10 bits per heavy atom. The van der Waals surface area contributed by atoms with Crippen LogP contribution in [0.2, 0.25) is 0 Å². The molecule has 0 spiro atoms. The maximum atomic E-state index is 6.07. The lowest BCUT2D eigenvalue weighted by molar-refractivity contribution is 0.142. The first-order valence-electron chi connectivity index (χ1n) is 8.84. The Labute approximate surface area is 129 Å². The molecule has 2 fully saturated rings. The largest absolute Gasteiger partial charge is 0.328 e. The van der Waals surface area contributed by atoms with Crippen molar-refractivity contribution < 1.29 is 0 Å². The van der Waals surface area contributed by atoms with Crippen LogP contribution in [0.4, 0.5) is 0 Å². The van der Waals surface area contributed by atoms with Gasteiger partial charge in [0.15, 0.2) is 0 Å². The fraction of sp³-hybridized carbons (Fsp3) is 0.684. The van der Waals surface area contributed by atoms with Crippen molar-refractivity contribution >= 4 is 0 Å². The number of hydrogen-bond donors (Lipinski definition) is 1. The Bertz CT molecular complexity index is 445. The van der Waals surface area contributed by atoms with Crippen molar-refractivity contribution in [2.75, 3.05) is 6.54 Å². The van der Waals surface area contributed by atoms with Crippen LogP contribution in [-0.2, 0) is 6.54 Å². The molecule has 2 aliphatic carbocycles. The van der Waals surface area contributed by atoms with Gasteiger partial charge in [0.1, 0.15) is 0 Å². The van der Waals surface area contributed by atoms with Gasteiger partial charge in [-0.3, -0.25) is 4.90 Å². The molecule has 0 bridgehead atoms. The second-order valence-electron chi connectivity index (χ2n) is 7.06. The molecule has 3 rings (SSSR count). The fourth-order valence-corrected chi connectivity index (χ4v) is 3.74. The van der Waals surface area contributed by atoms with Crippen molar-refractivity contribution in [3.8, 4) is 0 Å². The van der Waals surface area contributed by atoms with E-state index in [0.29, 0.717) is 6.04 Å². The summed E-state index contributed by atoms with van der Waals surface area (Å²) in [5.74, 6) is 0.859. The maximum Gasteiger partial charge on any atom is 0.0236 e. The standard InChI is InChI=1S/C19H30N2/c1-2-12-21(19-10-8-18(20)9-11-19)14-15-4-3-5-17(13-15)16-6-7-16/h3-5,13,16,18-19H,2,6-12,14,20H2,1H3. The third-order valence-corrected chi connectivity index (χ3v) is 5.15. The zero-order valence-corrected chi connectivity index (χ0v) is 13.4. The minimum Gasteiger partial charge on any atom is -0.328 e. The van der Waals surface area contributed by atoms with Gasteiger partial charge >= 0.3 is 0 Å². The van der Waals surface area contributed by atoms with E-state index in [1.54, 1.807) is 5.56 Å². The molecule has 0 atom stereocenters. The van der Waals surface area contributed by atoms with Crippen molar-refractivity contribution in [1.29, 1.82) is 0 Å². The summed E-state index contributed by atoms with van der Waals surface area (Å²) in [7, 11) is 0. The average molecular weight is 286 g/mol. The highest BCUT2D eigenvalue weighted by Crippen LogP contribution is 2.40. The lowest BCUT2D eigenvalue weighted by Gasteiger charge is -2.36. The quantitative estimate of drug-likeness (QED) is 0.855. The van der Waals surface area contributed by atoms with Gasteiger partial charge in [-0.2, -0.15) is 0 Å². The van der Waals surface area contributed by atoms with Crippen LogP contribution in [0.3, 0.4) is 0 Å². The van der Waals surface area contributed by atoms with Crippen molar-refractivity contribution in [2.24, 2.45) is 5.73 Å². The molecule has 0 radical (unpaired) electrons. The van der Waals surface area contributed by atoms with Crippen LogP contribution in [0.1, 0.15) is 68.9 Å². The van der Waals surface area contributed by atoms with Gasteiger partial charge in [0.05, 0.1) is 0 Å². The van der Waals surface area contributed by atoms with E-state index < -0.39 is 0 Å². The van der Waals surface area contributed by atoms with E-state index >= 15 is 0 Å². The lowest BCUT2D eigenvalue weighted by Crippen LogP contribution is -2.40. The molecule has 0 aromatic heterocycles. The van der Waals surface area contributed by atoms with Gasteiger partial charge in [-0.05, 0) is 68.5 Å². The number of nitrogens with two attached hydrogens (primary N) is 1. The van der Waals surface area contributed by atoms with E-state index in [4.69, 9.17) is 5.73 Å². The summed E-state index contributed by atoms with van der Waals surface area (Å²) in [5.41, 5.74) is 9.13. The third-order valence-electron chi connectivity index (χ3n) is 5.15. The van der Waals surface area contributed by atoms with Crippen LogP contribution in [0.5, 0.6) is 0 Å². The van der Waals surface area contributed by atoms with E-state index in [2.05, 4.69) is 36.1 Å². The first-order chi connectivity index (χ1) is 10.3. The topological polar surface area (TPSA) is 29.3 Å². The zero-order valence-electron chi connectivity index (χ0n) is 13.4. The van der Waals surface area contributed by atoms with Crippen LogP contribution < -0.4 is 5.73 Å². The molecule has 21 heavy (non-hydrogen) atoms. The van der Waals surface area contributed by atoms with Gasteiger partial charge in [-0.25, -0.2) is 0 Å². The summed E-state index contributed by atoms with van der Waals surface area (Å²) in [6.45, 7) is 4.63. The van der Waals surface area contributed by atoms with E-state index in [9.17, 15) is 0 Å². The van der Waals surface area contributed by atoms with Crippen molar-refractivity contribution in [2.45, 2.75) is 76.4 Å². The van der Waals surface area contributed by atoms with Crippen molar-refractivity contribution in [1.82, 2.24) is 4.90 Å². The molecule has 0 heterocycles. The van der Waals surface area contributed by atoms with Crippen LogP contribution >= 0.6 is 0 Å². The van der Waals surface area contributed by atoms with Crippen LogP contribution in [-0.4, -0.2) is 23.5 Å². The van der Waals surface area contributed by atoms with Crippen LogP contribution in [0, 0.1) is 0 Å². The number of hydrogen-bond acceptors (Lipinski definition) is 2. The molecule has 0 unspecified atom stereocenters. The van der Waals surface area contributed by atoms with Gasteiger partial charge in [-0.1, -0.05) is 31.2 Å². The Morgan fingerprint density at radius 2 is 1.86 bits per heavy atom. The molecule has 2 aliphatic rings. The Morgan fingerprint density at radius 3 is 2.52 bits per heavy atom. The highest BCUT2D eigenvalue weighted by molar-refractivity contribution is 5.29. The molecule has 2 saturated carbocycles. The van der Waals surface area contributed by atoms with Crippen LogP contribution in [0.15, 0.2) is 24.3 Å². The second-order valence-corrected chi connectivity index (χ2v) is 7.06. The van der Waals surface area contributed by atoms with Crippen molar-refractivity contribution in [3.63, 3.8) is 0 Å². The molecule has 2 heteroatoms. The van der Waals surface area contributed by atoms with Gasteiger partial charge in [0, 0.05) is 18.6 Å². The van der Waals surface area contributed by atoms with Crippen molar-refractivity contribution in [3.05, 3.63) is 35.4 Å². The minimum atomic E-state index is 0.447. The Kier molecular flexibility index (Phi) is 4.97. The van der Waals surface area contributed by atoms with Gasteiger partial charge in [-0.15, -0.1) is 0 Å². The molecule has 0 aliphatic heterocycles. The van der Waals surface area contributed by atoms with E-state index in [1.807, 2.05) is 0 Å². The zero-order chi connectivity index (χ0) is 14.7. The van der Waals surface area contributed by atoms with Gasteiger partial charge in [0.25, 0.3) is 0 Å². The fourth-order valence-electron chi connectivity index (χ4n) is 3.74. The summed E-state index contributed by atoms with van der Waals surface area (Å²) in [4.78, 5) is 2.71. The molecule has 1 aromatic carbocycles. The molecule has 1 aromatic rings. The van der Waals surface area contributed by atoms with Gasteiger partial charge < -0.3 is 5.73 Å². The van der Waals surface area contributed by atoms with E-state index in [-0.39, 0.29) is 0 Å². The summed E-state index contributed by atoms with van der Waals surface area (Å²) < 4.78 is 0. The number of nitrogens with zero attached hydrogens (tertiary/aromatic N) is 1. The molecule has 0 saturated heterocycles. The minimum absolute atomic E-state index is 0.447. The summed E-state index contributed by atoms with van der Waals surface area (Å²) in [5, 5.41) is 0. The molecule has 2 N–H and O–H groups in total. The predicted octanol–water partition coefficient (Wildman–Crippen LogP) is 4.05. The lowest BCUT2D eigenvalue weighted by atomic mass is 9.90. The molecular weight excluding hydrogens is 256 g/mol. The number of rotatable bonds is 6. The molecule has 0 amide bonds. The monoisotopic (exact) mass is 286 g/mol. The van der Waals surface area contributed by atoms with E-state index in [0.717, 1.165) is 18.5 Å². The average Bonchev–Trinajstić information content (AvgIpc) is 3.33. The Hall–Kier alpha value is -0.860. The normalized spacial score (nSPS) is 26.2. The van der Waals surface area contributed by atoms with E-state index in [1.165, 1.54) is 57.1 Å². The summed E-state index contributed by atoms with van der Waals surface area (Å²) in [6, 6.07) is 10.5. The number of benzene rings is 1. The van der Waals surface area contributed by atoms with Crippen LogP contribution in [0.25, 0.3) is 0 Å². The SMILES string of the molecule is CCCN(Cc1cccc(C2CC2)c1)C1CCC(N)CC1. The third kappa shape index (κ3) is 4.08. The first-order valence-corrected chi connectivity index (χ1v) is 8.84. The Balaban J connectivity index is 1.65. The summed E-state index contributed by atoms with van der Waals surface area (Å²) in [6.07, 6.45) is 8.99. The molecule has 2 nitrogen and oxygen atoms in total. The predicted molar refractivity (Wildman–Crippen MR) is 89.3 cm³/mol. The molecular formula is C19H30N2. The second kappa shape index (κ2) is 6.93. The summed E-state index contributed by atoms with van der Waals surface area (Å²) >= 11 is 0.